The van der Waals surface area contributed by atoms with Gasteiger partial charge in [0.15, 0.2) is 0 Å². The lowest BCUT2D eigenvalue weighted by Crippen LogP contribution is -2.04. The van der Waals surface area contributed by atoms with Crippen molar-refractivity contribution in [3.8, 4) is 0 Å². The fourth-order valence-electron chi connectivity index (χ4n) is 0. The monoisotopic (exact) mass is 355 g/mol. The highest BCUT2D eigenvalue weighted by molar-refractivity contribution is 5.86. The lowest BCUT2D eigenvalue weighted by atomic mass is 10.6. The van der Waals surface area contributed by atoms with Crippen LogP contribution in [0.15, 0.2) is 63.3 Å². The third kappa shape index (κ3) is 178. The Labute approximate surface area is 146 Å². The molecule has 0 aliphatic rings. The Bertz CT molecular complexity index is 394. The zero-order chi connectivity index (χ0) is 21.4. The van der Waals surface area contributed by atoms with Gasteiger partial charge in [0.25, 0.3) is 0 Å². The van der Waals surface area contributed by atoms with Crippen molar-refractivity contribution >= 4 is 29.5 Å². The summed E-state index contributed by atoms with van der Waals surface area (Å²) in [4.78, 5) is 47.4. The van der Waals surface area contributed by atoms with Crippen molar-refractivity contribution in [3.05, 3.63) is 63.3 Å². The molecule has 0 aliphatic heterocycles. The highest BCUT2D eigenvalue weighted by Crippen LogP contribution is 1.50. The largest absolute Gasteiger partial charge is 0.366 e. The van der Waals surface area contributed by atoms with Gasteiger partial charge in [0.1, 0.15) is 0 Å². The van der Waals surface area contributed by atoms with Gasteiger partial charge in [-0.3, -0.25) is 24.0 Å². The smallest absolute Gasteiger partial charge is 0.240 e. The van der Waals surface area contributed by atoms with E-state index in [9.17, 15) is 24.0 Å². The van der Waals surface area contributed by atoms with E-state index in [1.165, 1.54) is 0 Å². The number of amides is 5. The third-order valence-electron chi connectivity index (χ3n) is 1.01. The van der Waals surface area contributed by atoms with Crippen LogP contribution in [0.1, 0.15) is 0 Å². The Kier molecular flexibility index (Phi) is 37.1. The maximum atomic E-state index is 9.47. The molecule has 25 heavy (non-hydrogen) atoms. The van der Waals surface area contributed by atoms with E-state index in [-0.39, 0.29) is 0 Å². The topological polar surface area (TPSA) is 215 Å². The molecule has 0 saturated heterocycles. The van der Waals surface area contributed by atoms with Crippen LogP contribution in [0, 0.1) is 0 Å². The molecule has 0 aliphatic carbocycles. The first-order valence-corrected chi connectivity index (χ1v) is 5.95. The van der Waals surface area contributed by atoms with Crippen LogP contribution in [-0.4, -0.2) is 29.5 Å². The second-order valence-corrected chi connectivity index (χ2v) is 3.03. The summed E-state index contributed by atoms with van der Waals surface area (Å²) in [6.45, 7) is 15.4. The Morgan fingerprint density at radius 3 is 0.440 bits per heavy atom. The number of carbonyl (C=O) groups is 5. The predicted octanol–water partition coefficient (Wildman–Crippen LogP) is -1.71. The van der Waals surface area contributed by atoms with Gasteiger partial charge in [-0.1, -0.05) is 32.9 Å². The molecule has 10 nitrogen and oxygen atoms in total. The summed E-state index contributed by atoms with van der Waals surface area (Å²) in [5.41, 5.74) is 22.7. The second kappa shape index (κ2) is 28.2. The maximum absolute atomic E-state index is 9.47. The van der Waals surface area contributed by atoms with Gasteiger partial charge >= 0.3 is 0 Å². The van der Waals surface area contributed by atoms with E-state index in [1.54, 1.807) is 0 Å². The summed E-state index contributed by atoms with van der Waals surface area (Å²) in [5.74, 6) is -2.41. The van der Waals surface area contributed by atoms with Crippen LogP contribution in [0.4, 0.5) is 0 Å². The van der Waals surface area contributed by atoms with E-state index >= 15 is 0 Å². The summed E-state index contributed by atoms with van der Waals surface area (Å²) in [6.07, 6.45) is 5.28. The first-order valence-electron chi connectivity index (χ1n) is 5.95. The van der Waals surface area contributed by atoms with Crippen LogP contribution in [0.5, 0.6) is 0 Å². The van der Waals surface area contributed by atoms with Crippen LogP contribution < -0.4 is 28.7 Å². The molecule has 10 N–H and O–H groups in total. The van der Waals surface area contributed by atoms with Gasteiger partial charge in [0.05, 0.1) is 0 Å². The Morgan fingerprint density at radius 2 is 0.440 bits per heavy atom. The summed E-state index contributed by atoms with van der Waals surface area (Å²) in [6, 6.07) is 0. The van der Waals surface area contributed by atoms with E-state index in [0.29, 0.717) is 0 Å². The van der Waals surface area contributed by atoms with Crippen LogP contribution in [-0.2, 0) is 24.0 Å². The molecular weight excluding hydrogens is 330 g/mol. The second-order valence-electron chi connectivity index (χ2n) is 3.03. The van der Waals surface area contributed by atoms with Crippen molar-refractivity contribution in [3.63, 3.8) is 0 Å². The summed E-state index contributed by atoms with van der Waals surface area (Å²) in [7, 11) is 0. The molecule has 0 fully saturated rings. The van der Waals surface area contributed by atoms with Gasteiger partial charge in [0, 0.05) is 0 Å². The van der Waals surface area contributed by atoms with E-state index in [2.05, 4.69) is 61.6 Å². The van der Waals surface area contributed by atoms with Crippen molar-refractivity contribution < 1.29 is 24.0 Å². The molecule has 0 atom stereocenters. The number of hydrogen-bond acceptors (Lipinski definition) is 5. The molecule has 5 amide bonds. The maximum Gasteiger partial charge on any atom is 0.240 e. The normalized spacial score (nSPS) is 6.40. The first kappa shape index (κ1) is 32.8. The number of rotatable bonds is 5. The van der Waals surface area contributed by atoms with Gasteiger partial charge in [-0.15, -0.1) is 0 Å². The van der Waals surface area contributed by atoms with Gasteiger partial charge in [-0.25, -0.2) is 0 Å². The van der Waals surface area contributed by atoms with E-state index < -0.39 is 29.5 Å². The van der Waals surface area contributed by atoms with Gasteiger partial charge in [-0.2, -0.15) is 0 Å². The molecule has 0 radical (unpaired) electrons. The molecular formula is C15H25N5O5. The minimum atomic E-state index is -0.481. The van der Waals surface area contributed by atoms with Crippen LogP contribution in [0.25, 0.3) is 0 Å². The standard InChI is InChI=1S/5C3H5NO/c5*1-2-3(4)5/h5*2H,1H2,(H2,4,5). The molecule has 10 heteroatoms. The minimum Gasteiger partial charge on any atom is -0.366 e. The quantitative estimate of drug-likeness (QED) is 0.363. The molecule has 0 unspecified atom stereocenters. The zero-order valence-electron chi connectivity index (χ0n) is 13.9. The van der Waals surface area contributed by atoms with Crippen molar-refractivity contribution in [1.82, 2.24) is 0 Å². The van der Waals surface area contributed by atoms with Crippen molar-refractivity contribution in [1.29, 1.82) is 0 Å². The van der Waals surface area contributed by atoms with Crippen LogP contribution in [0.3, 0.4) is 0 Å². The molecule has 0 spiro atoms. The highest BCUT2D eigenvalue weighted by Gasteiger charge is 1.71. The van der Waals surface area contributed by atoms with Crippen LogP contribution in [0.2, 0.25) is 0 Å². The lowest BCUT2D eigenvalue weighted by Gasteiger charge is -1.65. The fraction of sp³-hybridized carbons (Fsp3) is 0. The molecule has 0 saturated carbocycles. The predicted molar refractivity (Wildman–Crippen MR) is 97.0 cm³/mol. The fourth-order valence-corrected chi connectivity index (χ4v) is 0. The van der Waals surface area contributed by atoms with Crippen LogP contribution >= 0.6 is 0 Å². The molecule has 140 valence electrons. The van der Waals surface area contributed by atoms with Crippen molar-refractivity contribution in [2.75, 3.05) is 0 Å². The summed E-state index contributed by atoms with van der Waals surface area (Å²) < 4.78 is 0. The minimum absolute atomic E-state index is 0.481. The Morgan fingerprint density at radius 1 is 0.400 bits per heavy atom. The average molecular weight is 355 g/mol. The van der Waals surface area contributed by atoms with E-state index in [0.717, 1.165) is 30.4 Å². The van der Waals surface area contributed by atoms with Crippen molar-refractivity contribution in [2.24, 2.45) is 28.7 Å². The molecule has 0 aromatic rings. The lowest BCUT2D eigenvalue weighted by molar-refractivity contribution is -0.114. The van der Waals surface area contributed by atoms with E-state index in [1.807, 2.05) is 0 Å². The first-order chi connectivity index (χ1) is 11.4. The number of nitrogens with two attached hydrogens (primary N) is 5. The van der Waals surface area contributed by atoms with E-state index in [4.69, 9.17) is 0 Å². The Balaban J connectivity index is -0.0000000667. The zero-order valence-corrected chi connectivity index (χ0v) is 13.9. The Hall–Kier alpha value is -3.95. The van der Waals surface area contributed by atoms with Gasteiger partial charge in [0.2, 0.25) is 29.5 Å². The molecule has 0 rings (SSSR count). The van der Waals surface area contributed by atoms with Crippen molar-refractivity contribution in [2.45, 2.75) is 0 Å². The molecule has 0 bridgehead atoms. The number of hydrogen-bond donors (Lipinski definition) is 5. The third-order valence-corrected chi connectivity index (χ3v) is 1.01. The number of primary amides is 5. The van der Waals surface area contributed by atoms with Gasteiger partial charge < -0.3 is 28.7 Å². The summed E-state index contributed by atoms with van der Waals surface area (Å²) >= 11 is 0. The summed E-state index contributed by atoms with van der Waals surface area (Å²) in [5, 5.41) is 0. The van der Waals surface area contributed by atoms with Gasteiger partial charge in [-0.05, 0) is 30.4 Å². The average Bonchev–Trinajstić information content (AvgIpc) is 2.56. The number of carbonyl (C=O) groups excluding carboxylic acids is 5. The molecule has 0 aromatic carbocycles. The highest BCUT2D eigenvalue weighted by atomic mass is 16.2. The SMILES string of the molecule is C=CC(N)=O.C=CC(N)=O.C=CC(N)=O.C=CC(N)=O.C=CC(N)=O. The molecule has 0 aromatic heterocycles. The molecule has 0 heterocycles.